The molecule has 156 valence electrons. The highest BCUT2D eigenvalue weighted by molar-refractivity contribution is 6.03. The van der Waals surface area contributed by atoms with Crippen LogP contribution in [0.5, 0.6) is 0 Å². The fraction of sp³-hybridized carbons (Fsp3) is 0.304. The van der Waals surface area contributed by atoms with Crippen molar-refractivity contribution in [3.63, 3.8) is 0 Å². The van der Waals surface area contributed by atoms with Crippen molar-refractivity contribution in [3.8, 4) is 0 Å². The first-order valence-corrected chi connectivity index (χ1v) is 10.0. The van der Waals surface area contributed by atoms with Crippen molar-refractivity contribution < 1.29 is 14.3 Å². The second-order valence-electron chi connectivity index (χ2n) is 7.07. The molecule has 0 atom stereocenters. The van der Waals surface area contributed by atoms with Gasteiger partial charge in [-0.3, -0.25) is 9.59 Å². The summed E-state index contributed by atoms with van der Waals surface area (Å²) >= 11 is 0. The molecule has 0 aliphatic carbocycles. The minimum atomic E-state index is -0.740. The molecule has 1 aromatic heterocycles. The van der Waals surface area contributed by atoms with Gasteiger partial charge in [0.15, 0.2) is 12.3 Å². The third kappa shape index (κ3) is 4.92. The smallest absolute Gasteiger partial charge is 0.359 e. The van der Waals surface area contributed by atoms with Crippen molar-refractivity contribution in [2.75, 3.05) is 11.9 Å². The number of aryl methyl sites for hydroxylation is 2. The van der Waals surface area contributed by atoms with Gasteiger partial charge in [-0.25, -0.2) is 9.48 Å². The molecule has 30 heavy (non-hydrogen) atoms. The number of aromatic nitrogens is 2. The molecule has 0 radical (unpaired) electrons. The Morgan fingerprint density at radius 1 is 1.03 bits per heavy atom. The van der Waals surface area contributed by atoms with Crippen LogP contribution in [0.1, 0.15) is 42.2 Å². The predicted octanol–water partition coefficient (Wildman–Crippen LogP) is 3.69. The number of anilines is 1. The Balaban J connectivity index is 1.78. The Bertz CT molecular complexity index is 1120. The summed E-state index contributed by atoms with van der Waals surface area (Å²) < 4.78 is 6.51. The van der Waals surface area contributed by atoms with Crippen LogP contribution in [0, 0.1) is 6.92 Å². The normalized spacial score (nSPS) is 10.7. The van der Waals surface area contributed by atoms with E-state index >= 15 is 0 Å². The van der Waals surface area contributed by atoms with Gasteiger partial charge in [0.05, 0.1) is 5.39 Å². The summed E-state index contributed by atoms with van der Waals surface area (Å²) in [6.07, 6.45) is 2.75. The number of carbonyl (C=O) groups excluding carboxylic acids is 2. The number of rotatable bonds is 8. The third-order valence-corrected chi connectivity index (χ3v) is 4.79. The van der Waals surface area contributed by atoms with E-state index in [0.29, 0.717) is 23.0 Å². The minimum Gasteiger partial charge on any atom is -0.451 e. The molecule has 0 aliphatic rings. The van der Waals surface area contributed by atoms with Gasteiger partial charge < -0.3 is 10.1 Å². The molecule has 0 spiro atoms. The van der Waals surface area contributed by atoms with Gasteiger partial charge in [-0.15, -0.1) is 0 Å². The Hall–Kier alpha value is -3.48. The molecule has 0 bridgehead atoms. The van der Waals surface area contributed by atoms with E-state index in [1.165, 1.54) is 4.68 Å². The largest absolute Gasteiger partial charge is 0.451 e. The number of hydrogen-bond acceptors (Lipinski definition) is 5. The summed E-state index contributed by atoms with van der Waals surface area (Å²) in [6.45, 7) is 3.92. The van der Waals surface area contributed by atoms with Gasteiger partial charge in [0, 0.05) is 17.6 Å². The predicted molar refractivity (Wildman–Crippen MR) is 116 cm³/mol. The van der Waals surface area contributed by atoms with E-state index in [9.17, 15) is 14.4 Å². The van der Waals surface area contributed by atoms with Crippen molar-refractivity contribution in [1.82, 2.24) is 9.78 Å². The van der Waals surface area contributed by atoms with Gasteiger partial charge >= 0.3 is 5.97 Å². The first-order valence-electron chi connectivity index (χ1n) is 10.0. The summed E-state index contributed by atoms with van der Waals surface area (Å²) in [5, 5.41) is 7.78. The van der Waals surface area contributed by atoms with Crippen LogP contribution >= 0.6 is 0 Å². The van der Waals surface area contributed by atoms with Gasteiger partial charge in [0.25, 0.3) is 11.5 Å². The first-order chi connectivity index (χ1) is 14.5. The lowest BCUT2D eigenvalue weighted by Gasteiger charge is -2.11. The van der Waals surface area contributed by atoms with Gasteiger partial charge in [-0.05, 0) is 31.0 Å². The molecular weight excluding hydrogens is 382 g/mol. The van der Waals surface area contributed by atoms with Crippen LogP contribution in [0.25, 0.3) is 10.8 Å². The highest BCUT2D eigenvalue weighted by Crippen LogP contribution is 2.15. The number of nitrogens with zero attached hydrogens (tertiary/aromatic N) is 2. The maximum absolute atomic E-state index is 12.7. The van der Waals surface area contributed by atoms with Crippen LogP contribution in [-0.2, 0) is 16.1 Å². The fourth-order valence-electron chi connectivity index (χ4n) is 3.15. The van der Waals surface area contributed by atoms with Gasteiger partial charge in [0.2, 0.25) is 0 Å². The molecule has 1 N–H and O–H groups in total. The molecule has 0 saturated heterocycles. The molecule has 0 saturated carbocycles. The van der Waals surface area contributed by atoms with Crippen LogP contribution in [0.15, 0.2) is 53.3 Å². The van der Waals surface area contributed by atoms with E-state index in [4.69, 9.17) is 4.74 Å². The second-order valence-corrected chi connectivity index (χ2v) is 7.07. The number of amides is 1. The molecule has 7 nitrogen and oxygen atoms in total. The SMILES string of the molecule is CCCCCn1nc(C(=O)OCC(=O)Nc2ccccc2C)c2ccccc2c1=O. The monoisotopic (exact) mass is 407 g/mol. The van der Waals surface area contributed by atoms with E-state index in [0.717, 1.165) is 24.8 Å². The second kappa shape index (κ2) is 9.82. The molecule has 0 unspecified atom stereocenters. The summed E-state index contributed by atoms with van der Waals surface area (Å²) in [6, 6.07) is 14.1. The number of para-hydroxylation sites is 1. The molecule has 1 heterocycles. The third-order valence-electron chi connectivity index (χ3n) is 4.79. The van der Waals surface area contributed by atoms with Crippen LogP contribution in [0.4, 0.5) is 5.69 Å². The van der Waals surface area contributed by atoms with Crippen LogP contribution in [0.2, 0.25) is 0 Å². The van der Waals surface area contributed by atoms with Crippen LogP contribution in [0.3, 0.4) is 0 Å². The topological polar surface area (TPSA) is 90.3 Å². The van der Waals surface area contributed by atoms with E-state index in [1.807, 2.05) is 25.1 Å². The molecule has 3 rings (SSSR count). The molecule has 2 aromatic carbocycles. The van der Waals surface area contributed by atoms with Gasteiger partial charge in [-0.1, -0.05) is 56.2 Å². The molecule has 0 fully saturated rings. The van der Waals surface area contributed by atoms with Gasteiger partial charge in [-0.2, -0.15) is 5.10 Å². The zero-order valence-corrected chi connectivity index (χ0v) is 17.2. The first kappa shape index (κ1) is 21.2. The average Bonchev–Trinajstić information content (AvgIpc) is 2.75. The van der Waals surface area contributed by atoms with Crippen molar-refractivity contribution >= 4 is 28.3 Å². The fourth-order valence-corrected chi connectivity index (χ4v) is 3.15. The van der Waals surface area contributed by atoms with Crippen LogP contribution in [-0.4, -0.2) is 28.3 Å². The highest BCUT2D eigenvalue weighted by Gasteiger charge is 2.19. The van der Waals surface area contributed by atoms with Crippen molar-refractivity contribution in [2.24, 2.45) is 0 Å². The Labute approximate surface area is 174 Å². The number of carbonyl (C=O) groups is 2. The lowest BCUT2D eigenvalue weighted by molar-refractivity contribution is -0.119. The molecular formula is C23H25N3O4. The molecule has 1 amide bonds. The standard InChI is InChI=1S/C23H25N3O4/c1-3-4-9-14-26-22(28)18-12-7-6-11-17(18)21(25-26)23(29)30-15-20(27)24-19-13-8-5-10-16(19)2/h5-8,10-13H,3-4,9,14-15H2,1-2H3,(H,24,27). The number of hydrogen-bond donors (Lipinski definition) is 1. The minimum absolute atomic E-state index is 0.0328. The molecule has 3 aromatic rings. The summed E-state index contributed by atoms with van der Waals surface area (Å²) in [5.41, 5.74) is 1.36. The zero-order chi connectivity index (χ0) is 21.5. The van der Waals surface area contributed by atoms with Crippen molar-refractivity contribution in [3.05, 3.63) is 70.1 Å². The molecule has 0 aliphatic heterocycles. The highest BCUT2D eigenvalue weighted by atomic mass is 16.5. The Morgan fingerprint density at radius 2 is 1.73 bits per heavy atom. The van der Waals surface area contributed by atoms with Crippen molar-refractivity contribution in [1.29, 1.82) is 0 Å². The number of unbranched alkanes of at least 4 members (excludes halogenated alkanes) is 2. The van der Waals surface area contributed by atoms with E-state index in [-0.39, 0.29) is 11.3 Å². The summed E-state index contributed by atoms with van der Waals surface area (Å²) in [5.74, 6) is -1.19. The number of ether oxygens (including phenoxy) is 1. The molecule has 7 heteroatoms. The van der Waals surface area contributed by atoms with E-state index in [1.54, 1.807) is 30.3 Å². The van der Waals surface area contributed by atoms with E-state index < -0.39 is 18.5 Å². The quantitative estimate of drug-likeness (QED) is 0.454. The maximum Gasteiger partial charge on any atom is 0.359 e. The lowest BCUT2D eigenvalue weighted by Crippen LogP contribution is -2.28. The zero-order valence-electron chi connectivity index (χ0n) is 17.2. The summed E-state index contributed by atoms with van der Waals surface area (Å²) in [4.78, 5) is 37.6. The van der Waals surface area contributed by atoms with Gasteiger partial charge in [0.1, 0.15) is 0 Å². The number of benzene rings is 2. The number of nitrogens with one attached hydrogen (secondary N) is 1. The number of esters is 1. The average molecular weight is 407 g/mol. The maximum atomic E-state index is 12.7. The van der Waals surface area contributed by atoms with Crippen LogP contribution < -0.4 is 10.9 Å². The Morgan fingerprint density at radius 3 is 2.47 bits per heavy atom. The Kier molecular flexibility index (Phi) is 6.95. The number of fused-ring (bicyclic) bond motifs is 1. The van der Waals surface area contributed by atoms with E-state index in [2.05, 4.69) is 17.3 Å². The lowest BCUT2D eigenvalue weighted by atomic mass is 10.1. The van der Waals surface area contributed by atoms with Crippen molar-refractivity contribution in [2.45, 2.75) is 39.7 Å². The summed E-state index contributed by atoms with van der Waals surface area (Å²) in [7, 11) is 0.